The Balaban J connectivity index is 1.41. The number of para-hydroxylation sites is 1. The summed E-state index contributed by atoms with van der Waals surface area (Å²) in [6.07, 6.45) is 0. The first kappa shape index (κ1) is 21.9. The van der Waals surface area contributed by atoms with Crippen molar-refractivity contribution in [3.05, 3.63) is 48.0 Å². The summed E-state index contributed by atoms with van der Waals surface area (Å²) in [5.41, 5.74) is 2.19. The van der Waals surface area contributed by atoms with Gasteiger partial charge in [-0.1, -0.05) is 32.0 Å². The third kappa shape index (κ3) is 4.63. The summed E-state index contributed by atoms with van der Waals surface area (Å²) >= 11 is 5.61. The molecule has 0 aromatic heterocycles. The van der Waals surface area contributed by atoms with Crippen molar-refractivity contribution >= 4 is 33.0 Å². The van der Waals surface area contributed by atoms with Gasteiger partial charge in [-0.05, 0) is 41.9 Å². The van der Waals surface area contributed by atoms with Crippen molar-refractivity contribution in [1.82, 2.24) is 9.21 Å². The van der Waals surface area contributed by atoms with Gasteiger partial charge in [0, 0.05) is 37.9 Å². The Morgan fingerprint density at radius 2 is 1.68 bits per heavy atom. The first-order valence-electron chi connectivity index (χ1n) is 10.4. The monoisotopic (exact) mass is 461 g/mol. The lowest BCUT2D eigenvalue weighted by Crippen LogP contribution is -2.51. The van der Waals surface area contributed by atoms with Crippen LogP contribution in [-0.4, -0.2) is 62.1 Å². The number of rotatable bonds is 4. The molecular formula is C22H27N3O4S2. The fourth-order valence-corrected chi connectivity index (χ4v) is 5.50. The van der Waals surface area contributed by atoms with Crippen molar-refractivity contribution in [2.24, 2.45) is 0 Å². The number of hydrogen-bond acceptors (Lipinski definition) is 5. The van der Waals surface area contributed by atoms with Crippen LogP contribution in [0.25, 0.3) is 0 Å². The summed E-state index contributed by atoms with van der Waals surface area (Å²) in [5.74, 6) is 1.42. The summed E-state index contributed by atoms with van der Waals surface area (Å²) in [5, 5.41) is 3.96. The minimum atomic E-state index is -3.61. The van der Waals surface area contributed by atoms with Crippen molar-refractivity contribution in [2.75, 3.05) is 44.7 Å². The Kier molecular flexibility index (Phi) is 6.36. The summed E-state index contributed by atoms with van der Waals surface area (Å²) in [6.45, 7) is 6.96. The fourth-order valence-electron chi connectivity index (χ4n) is 3.77. The van der Waals surface area contributed by atoms with Gasteiger partial charge in [-0.2, -0.15) is 4.31 Å². The molecule has 2 aromatic rings. The van der Waals surface area contributed by atoms with Crippen LogP contribution < -0.4 is 14.8 Å². The lowest BCUT2D eigenvalue weighted by atomic mass is 10.0. The number of nitrogens with one attached hydrogen (secondary N) is 1. The van der Waals surface area contributed by atoms with Crippen LogP contribution in [0.5, 0.6) is 11.5 Å². The van der Waals surface area contributed by atoms with E-state index >= 15 is 0 Å². The molecule has 166 valence electrons. The predicted octanol–water partition coefficient (Wildman–Crippen LogP) is 3.28. The summed E-state index contributed by atoms with van der Waals surface area (Å²) in [4.78, 5) is 2.24. The highest BCUT2D eigenvalue weighted by Gasteiger charge is 2.30. The van der Waals surface area contributed by atoms with Crippen LogP contribution in [0.15, 0.2) is 47.4 Å². The normalized spacial score (nSPS) is 16.9. The molecule has 1 N–H and O–H groups in total. The zero-order chi connectivity index (χ0) is 22.0. The quantitative estimate of drug-likeness (QED) is 0.701. The third-order valence-corrected chi connectivity index (χ3v) is 7.76. The number of hydrogen-bond donors (Lipinski definition) is 1. The average molecular weight is 462 g/mol. The molecule has 2 aliphatic heterocycles. The number of anilines is 1. The molecule has 31 heavy (non-hydrogen) atoms. The second-order valence-corrected chi connectivity index (χ2v) is 10.2. The molecule has 9 heteroatoms. The predicted molar refractivity (Wildman–Crippen MR) is 125 cm³/mol. The Morgan fingerprint density at radius 3 is 2.39 bits per heavy atom. The van der Waals surface area contributed by atoms with E-state index in [2.05, 4.69) is 25.2 Å². The van der Waals surface area contributed by atoms with Crippen LogP contribution >= 0.6 is 12.2 Å². The van der Waals surface area contributed by atoms with E-state index in [0.29, 0.717) is 61.9 Å². The van der Waals surface area contributed by atoms with Gasteiger partial charge in [0.1, 0.15) is 13.2 Å². The van der Waals surface area contributed by atoms with E-state index in [1.165, 1.54) is 9.87 Å². The number of thiocarbonyl (C=S) groups is 1. The molecule has 2 aromatic carbocycles. The maximum absolute atomic E-state index is 13.1. The Morgan fingerprint density at radius 1 is 1.00 bits per heavy atom. The van der Waals surface area contributed by atoms with Gasteiger partial charge >= 0.3 is 0 Å². The van der Waals surface area contributed by atoms with Crippen LogP contribution in [0.4, 0.5) is 5.69 Å². The number of piperazine rings is 1. The highest BCUT2D eigenvalue weighted by Crippen LogP contribution is 2.33. The first-order chi connectivity index (χ1) is 14.9. The molecule has 0 saturated carbocycles. The molecule has 0 radical (unpaired) electrons. The Hall–Kier alpha value is -2.36. The topological polar surface area (TPSA) is 71.1 Å². The molecule has 0 aliphatic carbocycles. The first-order valence-corrected chi connectivity index (χ1v) is 12.3. The van der Waals surface area contributed by atoms with E-state index in [-0.39, 0.29) is 4.90 Å². The van der Waals surface area contributed by atoms with Crippen LogP contribution in [-0.2, 0) is 10.0 Å². The third-order valence-electron chi connectivity index (χ3n) is 5.50. The lowest BCUT2D eigenvalue weighted by molar-refractivity contribution is 0.171. The summed E-state index contributed by atoms with van der Waals surface area (Å²) in [7, 11) is -3.61. The Bertz CT molecular complexity index is 1060. The number of sulfonamides is 1. The second-order valence-electron chi connectivity index (χ2n) is 7.87. The van der Waals surface area contributed by atoms with Crippen molar-refractivity contribution in [2.45, 2.75) is 24.7 Å². The standard InChI is InChI=1S/C22H27N3O4S2/c1-16(2)18-5-3-4-6-19(18)23-22(30)24-9-11-25(12-10-24)31(26,27)17-7-8-20-21(15-17)29-14-13-28-20/h3-8,15-16H,9-14H2,1-2H3,(H,23,30). The van der Waals surface area contributed by atoms with E-state index in [0.717, 1.165) is 5.69 Å². The molecule has 7 nitrogen and oxygen atoms in total. The minimum absolute atomic E-state index is 0.219. The van der Waals surface area contributed by atoms with E-state index < -0.39 is 10.0 Å². The molecule has 0 atom stereocenters. The molecule has 0 spiro atoms. The molecule has 2 heterocycles. The number of nitrogens with zero attached hydrogens (tertiary/aromatic N) is 2. The fraction of sp³-hybridized carbons (Fsp3) is 0.409. The number of fused-ring (bicyclic) bond motifs is 1. The van der Waals surface area contributed by atoms with Gasteiger partial charge in [-0.3, -0.25) is 0 Å². The van der Waals surface area contributed by atoms with Crippen LogP contribution in [0.2, 0.25) is 0 Å². The molecule has 2 aliphatic rings. The highest BCUT2D eigenvalue weighted by molar-refractivity contribution is 7.89. The Labute approximate surface area is 189 Å². The number of benzene rings is 2. The molecular weight excluding hydrogens is 434 g/mol. The van der Waals surface area contributed by atoms with Crippen molar-refractivity contribution in [3.8, 4) is 11.5 Å². The van der Waals surface area contributed by atoms with Crippen LogP contribution in [0.1, 0.15) is 25.3 Å². The zero-order valence-corrected chi connectivity index (χ0v) is 19.3. The molecule has 4 rings (SSSR count). The second kappa shape index (κ2) is 9.02. The van der Waals surface area contributed by atoms with Gasteiger partial charge in [0.2, 0.25) is 10.0 Å². The zero-order valence-electron chi connectivity index (χ0n) is 17.7. The maximum atomic E-state index is 13.1. The van der Waals surface area contributed by atoms with Crippen LogP contribution in [0.3, 0.4) is 0 Å². The van der Waals surface area contributed by atoms with E-state index in [9.17, 15) is 8.42 Å². The SMILES string of the molecule is CC(C)c1ccccc1NC(=S)N1CCN(S(=O)(=O)c2ccc3c(c2)OCCO3)CC1. The minimum Gasteiger partial charge on any atom is -0.486 e. The van der Waals surface area contributed by atoms with Gasteiger partial charge in [0.25, 0.3) is 0 Å². The van der Waals surface area contributed by atoms with Gasteiger partial charge in [-0.25, -0.2) is 8.42 Å². The van der Waals surface area contributed by atoms with Gasteiger partial charge < -0.3 is 19.7 Å². The van der Waals surface area contributed by atoms with Crippen LogP contribution in [0, 0.1) is 0 Å². The van der Waals surface area contributed by atoms with Gasteiger partial charge in [0.15, 0.2) is 16.6 Å². The number of ether oxygens (including phenoxy) is 2. The van der Waals surface area contributed by atoms with E-state index in [1.54, 1.807) is 18.2 Å². The lowest BCUT2D eigenvalue weighted by Gasteiger charge is -2.35. The van der Waals surface area contributed by atoms with E-state index in [1.807, 2.05) is 23.1 Å². The van der Waals surface area contributed by atoms with Gasteiger partial charge in [0.05, 0.1) is 4.90 Å². The highest BCUT2D eigenvalue weighted by atomic mass is 32.2. The van der Waals surface area contributed by atoms with Crippen molar-refractivity contribution < 1.29 is 17.9 Å². The molecule has 0 amide bonds. The maximum Gasteiger partial charge on any atom is 0.243 e. The van der Waals surface area contributed by atoms with Crippen molar-refractivity contribution in [1.29, 1.82) is 0 Å². The summed E-state index contributed by atoms with van der Waals surface area (Å²) in [6, 6.07) is 12.9. The molecule has 0 unspecified atom stereocenters. The van der Waals surface area contributed by atoms with E-state index in [4.69, 9.17) is 21.7 Å². The molecule has 1 saturated heterocycles. The van der Waals surface area contributed by atoms with Crippen molar-refractivity contribution in [3.63, 3.8) is 0 Å². The molecule has 1 fully saturated rings. The average Bonchev–Trinajstić information content (AvgIpc) is 2.79. The largest absolute Gasteiger partial charge is 0.486 e. The molecule has 0 bridgehead atoms. The van der Waals surface area contributed by atoms with Gasteiger partial charge in [-0.15, -0.1) is 0 Å². The smallest absolute Gasteiger partial charge is 0.243 e. The summed E-state index contributed by atoms with van der Waals surface area (Å²) < 4.78 is 38.8.